The Balaban J connectivity index is 1.41. The van der Waals surface area contributed by atoms with E-state index < -0.39 is 0 Å². The molecule has 0 atom stereocenters. The quantitative estimate of drug-likeness (QED) is 0.757. The van der Waals surface area contributed by atoms with E-state index in [1.807, 2.05) is 19.1 Å². The number of hydrogen-bond donors (Lipinski definition) is 1. The number of thiazole rings is 1. The van der Waals surface area contributed by atoms with E-state index in [4.69, 9.17) is 9.72 Å². The van der Waals surface area contributed by atoms with Gasteiger partial charge < -0.3 is 15.0 Å². The van der Waals surface area contributed by atoms with Crippen molar-refractivity contribution in [3.05, 3.63) is 36.2 Å². The fourth-order valence-corrected chi connectivity index (χ4v) is 3.84. The first-order valence-electron chi connectivity index (χ1n) is 8.22. The highest BCUT2D eigenvalue weighted by atomic mass is 32.1. The zero-order valence-electron chi connectivity index (χ0n) is 14.1. The number of benzene rings is 1. The summed E-state index contributed by atoms with van der Waals surface area (Å²) in [5.74, 6) is 0.691. The van der Waals surface area contributed by atoms with Crippen LogP contribution in [0.3, 0.4) is 0 Å². The Hall–Kier alpha value is -2.61. The molecule has 3 heterocycles. The number of ether oxygens (including phenoxy) is 1. The van der Waals surface area contributed by atoms with Crippen molar-refractivity contribution in [3.8, 4) is 5.75 Å². The third-order valence-electron chi connectivity index (χ3n) is 4.10. The largest absolute Gasteiger partial charge is 0.492 e. The molecule has 8 heteroatoms. The Morgan fingerprint density at radius 2 is 2.24 bits per heavy atom. The Morgan fingerprint density at radius 3 is 2.96 bits per heavy atom. The van der Waals surface area contributed by atoms with E-state index in [0.29, 0.717) is 12.3 Å². The number of para-hydroxylation sites is 1. The lowest BCUT2D eigenvalue weighted by Gasteiger charge is -2.39. The molecule has 1 fully saturated rings. The number of carbonyl (C=O) groups excluding carboxylic acids is 1. The maximum absolute atomic E-state index is 12.1. The van der Waals surface area contributed by atoms with Gasteiger partial charge in [-0.05, 0) is 25.1 Å². The molecular formula is C17H19N5O2S. The fourth-order valence-electron chi connectivity index (χ4n) is 2.84. The predicted octanol–water partition coefficient (Wildman–Crippen LogP) is 2.05. The third kappa shape index (κ3) is 3.05. The molecule has 7 nitrogen and oxygen atoms in total. The summed E-state index contributed by atoms with van der Waals surface area (Å²) in [5.41, 5.74) is 1.35. The van der Waals surface area contributed by atoms with Crippen LogP contribution < -0.4 is 15.0 Å². The van der Waals surface area contributed by atoms with Gasteiger partial charge >= 0.3 is 0 Å². The molecule has 0 bridgehead atoms. The minimum absolute atomic E-state index is 0.118. The average Bonchev–Trinajstić information content (AvgIpc) is 3.17. The molecule has 1 aliphatic heterocycles. The van der Waals surface area contributed by atoms with Crippen LogP contribution in [0.2, 0.25) is 0 Å². The molecule has 2 aromatic heterocycles. The molecule has 1 aliphatic rings. The van der Waals surface area contributed by atoms with Crippen LogP contribution in [0.1, 0.15) is 17.4 Å². The molecule has 0 spiro atoms. The molecule has 25 heavy (non-hydrogen) atoms. The molecule has 1 N–H and O–H groups in total. The third-order valence-corrected chi connectivity index (χ3v) is 5.19. The summed E-state index contributed by atoms with van der Waals surface area (Å²) < 4.78 is 8.39. The van der Waals surface area contributed by atoms with Crippen LogP contribution >= 0.6 is 11.3 Å². The lowest BCUT2D eigenvalue weighted by molar-refractivity contribution is 0.0924. The molecule has 0 unspecified atom stereocenters. The molecule has 1 saturated heterocycles. The predicted molar refractivity (Wildman–Crippen MR) is 97.5 cm³/mol. The van der Waals surface area contributed by atoms with Crippen LogP contribution in [-0.4, -0.2) is 46.4 Å². The summed E-state index contributed by atoms with van der Waals surface area (Å²) in [7, 11) is 1.80. The first-order chi connectivity index (χ1) is 12.1. The zero-order chi connectivity index (χ0) is 17.4. The average molecular weight is 357 g/mol. The lowest BCUT2D eigenvalue weighted by atomic mass is 10.1. The van der Waals surface area contributed by atoms with Crippen molar-refractivity contribution in [1.82, 2.24) is 20.1 Å². The van der Waals surface area contributed by atoms with E-state index in [0.717, 1.165) is 34.2 Å². The summed E-state index contributed by atoms with van der Waals surface area (Å²) in [6, 6.07) is 7.82. The van der Waals surface area contributed by atoms with Gasteiger partial charge in [0.1, 0.15) is 17.0 Å². The number of aromatic nitrogens is 3. The minimum atomic E-state index is -0.131. The molecule has 0 saturated carbocycles. The number of fused-ring (bicyclic) bond motifs is 1. The Morgan fingerprint density at radius 1 is 1.40 bits per heavy atom. The van der Waals surface area contributed by atoms with Gasteiger partial charge in [-0.2, -0.15) is 5.10 Å². The van der Waals surface area contributed by atoms with Crippen molar-refractivity contribution in [2.45, 2.75) is 13.0 Å². The second-order valence-corrected chi connectivity index (χ2v) is 6.99. The molecule has 0 aliphatic carbocycles. The highest BCUT2D eigenvalue weighted by molar-refractivity contribution is 7.22. The SMILES string of the molecule is CCOc1cccc2sc(N3CC(NC(=O)c4ccn(C)n4)C3)nc12. The van der Waals surface area contributed by atoms with Gasteiger partial charge in [-0.3, -0.25) is 9.48 Å². The van der Waals surface area contributed by atoms with E-state index in [1.165, 1.54) is 0 Å². The topological polar surface area (TPSA) is 72.3 Å². The van der Waals surface area contributed by atoms with Crippen LogP contribution in [0.4, 0.5) is 5.13 Å². The number of aryl methyl sites for hydroxylation is 1. The van der Waals surface area contributed by atoms with Gasteiger partial charge in [-0.15, -0.1) is 0 Å². The van der Waals surface area contributed by atoms with Crippen molar-refractivity contribution in [3.63, 3.8) is 0 Å². The monoisotopic (exact) mass is 357 g/mol. The van der Waals surface area contributed by atoms with Crippen LogP contribution in [0.15, 0.2) is 30.5 Å². The zero-order valence-corrected chi connectivity index (χ0v) is 14.9. The number of nitrogens with zero attached hydrogens (tertiary/aromatic N) is 4. The van der Waals surface area contributed by atoms with Crippen molar-refractivity contribution < 1.29 is 9.53 Å². The molecule has 3 aromatic rings. The van der Waals surface area contributed by atoms with Gasteiger partial charge in [0, 0.05) is 26.3 Å². The van der Waals surface area contributed by atoms with Gasteiger partial charge in [0.15, 0.2) is 5.13 Å². The summed E-state index contributed by atoms with van der Waals surface area (Å²) in [4.78, 5) is 19.0. The van der Waals surface area contributed by atoms with Crippen LogP contribution in [0, 0.1) is 0 Å². The number of rotatable bonds is 5. The van der Waals surface area contributed by atoms with Crippen molar-refractivity contribution in [1.29, 1.82) is 0 Å². The highest BCUT2D eigenvalue weighted by Crippen LogP contribution is 2.35. The van der Waals surface area contributed by atoms with Gasteiger partial charge in [-0.25, -0.2) is 4.98 Å². The highest BCUT2D eigenvalue weighted by Gasteiger charge is 2.31. The van der Waals surface area contributed by atoms with Crippen LogP contribution in [0.5, 0.6) is 5.75 Å². The molecule has 1 amide bonds. The first-order valence-corrected chi connectivity index (χ1v) is 9.03. The number of nitrogens with one attached hydrogen (secondary N) is 1. The van der Waals surface area contributed by atoms with Gasteiger partial charge in [0.05, 0.1) is 17.3 Å². The van der Waals surface area contributed by atoms with E-state index in [-0.39, 0.29) is 11.9 Å². The summed E-state index contributed by atoms with van der Waals surface area (Å²) >= 11 is 1.65. The Labute approximate surface area is 149 Å². The smallest absolute Gasteiger partial charge is 0.272 e. The summed E-state index contributed by atoms with van der Waals surface area (Å²) in [5, 5.41) is 8.09. The minimum Gasteiger partial charge on any atom is -0.492 e. The van der Waals surface area contributed by atoms with Crippen molar-refractivity contribution >= 4 is 32.6 Å². The maximum atomic E-state index is 12.1. The number of carbonyl (C=O) groups is 1. The van der Waals surface area contributed by atoms with E-state index >= 15 is 0 Å². The molecule has 4 rings (SSSR count). The standard InChI is InChI=1S/C17H19N5O2S/c1-3-24-13-5-4-6-14-15(13)19-17(25-14)22-9-11(10-22)18-16(23)12-7-8-21(2)20-12/h4-8,11H,3,9-10H2,1-2H3,(H,18,23). The molecule has 1 aromatic carbocycles. The number of anilines is 1. The van der Waals surface area contributed by atoms with Crippen molar-refractivity contribution in [2.75, 3.05) is 24.6 Å². The maximum Gasteiger partial charge on any atom is 0.272 e. The number of amides is 1. The summed E-state index contributed by atoms with van der Waals surface area (Å²) in [6.45, 7) is 4.10. The second kappa shape index (κ2) is 6.36. The lowest BCUT2D eigenvalue weighted by Crippen LogP contribution is -2.59. The normalized spacial score (nSPS) is 14.6. The molecule has 130 valence electrons. The first kappa shape index (κ1) is 15.9. The summed E-state index contributed by atoms with van der Waals surface area (Å²) in [6.07, 6.45) is 1.76. The Kier molecular flexibility index (Phi) is 4.04. The van der Waals surface area contributed by atoms with E-state index in [1.54, 1.807) is 35.3 Å². The van der Waals surface area contributed by atoms with E-state index in [2.05, 4.69) is 21.4 Å². The Bertz CT molecular complexity index is 913. The number of hydrogen-bond acceptors (Lipinski definition) is 6. The van der Waals surface area contributed by atoms with Crippen LogP contribution in [-0.2, 0) is 7.05 Å². The second-order valence-electron chi connectivity index (χ2n) is 5.98. The van der Waals surface area contributed by atoms with Gasteiger partial charge in [-0.1, -0.05) is 17.4 Å². The molecular weight excluding hydrogens is 338 g/mol. The van der Waals surface area contributed by atoms with Crippen LogP contribution in [0.25, 0.3) is 10.2 Å². The van der Waals surface area contributed by atoms with Gasteiger partial charge in [0.2, 0.25) is 0 Å². The van der Waals surface area contributed by atoms with Crippen molar-refractivity contribution in [2.24, 2.45) is 7.05 Å². The molecule has 0 radical (unpaired) electrons. The van der Waals surface area contributed by atoms with E-state index in [9.17, 15) is 4.79 Å². The van der Waals surface area contributed by atoms with Gasteiger partial charge in [0.25, 0.3) is 5.91 Å². The fraction of sp³-hybridized carbons (Fsp3) is 0.353.